The maximum absolute atomic E-state index is 12.6. The van der Waals surface area contributed by atoms with E-state index in [1.165, 1.54) is 6.07 Å². The SMILES string of the molecule is CC(C)(C)OC(=O)Oc1cccc(CBr)c1C(=O)Oc1ccccc1. The summed E-state index contributed by atoms with van der Waals surface area (Å²) in [7, 11) is 0. The largest absolute Gasteiger partial charge is 0.514 e. The van der Waals surface area contributed by atoms with Crippen molar-refractivity contribution in [1.82, 2.24) is 0 Å². The maximum Gasteiger partial charge on any atom is 0.514 e. The van der Waals surface area contributed by atoms with Crippen molar-refractivity contribution < 1.29 is 23.8 Å². The molecule has 2 aromatic rings. The summed E-state index contributed by atoms with van der Waals surface area (Å²) in [6.07, 6.45) is -0.881. The van der Waals surface area contributed by atoms with E-state index in [1.54, 1.807) is 57.2 Å². The van der Waals surface area contributed by atoms with Crippen molar-refractivity contribution in [2.45, 2.75) is 31.7 Å². The van der Waals surface area contributed by atoms with Crippen molar-refractivity contribution in [2.75, 3.05) is 0 Å². The Morgan fingerprint density at radius 3 is 2.24 bits per heavy atom. The van der Waals surface area contributed by atoms with Crippen LogP contribution in [0.2, 0.25) is 0 Å². The fourth-order valence-electron chi connectivity index (χ4n) is 2.01. The highest BCUT2D eigenvalue weighted by molar-refractivity contribution is 9.08. The van der Waals surface area contributed by atoms with Crippen molar-refractivity contribution in [2.24, 2.45) is 0 Å². The van der Waals surface area contributed by atoms with Gasteiger partial charge in [-0.05, 0) is 44.5 Å². The molecule has 0 heterocycles. The third kappa shape index (κ3) is 5.60. The molecule has 25 heavy (non-hydrogen) atoms. The van der Waals surface area contributed by atoms with Gasteiger partial charge in [0.1, 0.15) is 22.7 Å². The first-order chi connectivity index (χ1) is 11.8. The van der Waals surface area contributed by atoms with Crippen LogP contribution in [0.5, 0.6) is 11.5 Å². The molecule has 6 heteroatoms. The van der Waals surface area contributed by atoms with Gasteiger partial charge in [-0.15, -0.1) is 0 Å². The Morgan fingerprint density at radius 2 is 1.64 bits per heavy atom. The average Bonchev–Trinajstić information content (AvgIpc) is 2.53. The molecule has 0 bridgehead atoms. The lowest BCUT2D eigenvalue weighted by Gasteiger charge is -2.19. The quantitative estimate of drug-likeness (QED) is 0.305. The number of esters is 1. The van der Waals surface area contributed by atoms with E-state index in [0.717, 1.165) is 0 Å². The van der Waals surface area contributed by atoms with Crippen LogP contribution in [-0.4, -0.2) is 17.7 Å². The topological polar surface area (TPSA) is 61.8 Å². The Bertz CT molecular complexity index is 750. The molecule has 0 saturated carbocycles. The molecule has 0 radical (unpaired) electrons. The van der Waals surface area contributed by atoms with Gasteiger partial charge in [0.2, 0.25) is 0 Å². The van der Waals surface area contributed by atoms with E-state index < -0.39 is 17.7 Å². The summed E-state index contributed by atoms with van der Waals surface area (Å²) in [5.74, 6) is -0.118. The zero-order valence-electron chi connectivity index (χ0n) is 14.2. The lowest BCUT2D eigenvalue weighted by molar-refractivity contribution is 0.0204. The number of ether oxygens (including phenoxy) is 3. The number of halogens is 1. The summed E-state index contributed by atoms with van der Waals surface area (Å²) >= 11 is 3.33. The van der Waals surface area contributed by atoms with Gasteiger partial charge in [0.05, 0.1) is 0 Å². The minimum atomic E-state index is -0.881. The molecule has 2 aromatic carbocycles. The third-order valence-electron chi connectivity index (χ3n) is 3.00. The van der Waals surface area contributed by atoms with Gasteiger partial charge in [-0.3, -0.25) is 0 Å². The van der Waals surface area contributed by atoms with E-state index in [4.69, 9.17) is 14.2 Å². The molecular weight excluding hydrogens is 388 g/mol. The van der Waals surface area contributed by atoms with Crippen LogP contribution in [0, 0.1) is 0 Å². The number of para-hydroxylation sites is 1. The number of carbonyl (C=O) groups excluding carboxylic acids is 2. The molecule has 0 fully saturated rings. The first-order valence-corrected chi connectivity index (χ1v) is 8.78. The summed E-state index contributed by atoms with van der Waals surface area (Å²) in [6, 6.07) is 13.6. The molecule has 0 saturated heterocycles. The molecule has 0 atom stereocenters. The third-order valence-corrected chi connectivity index (χ3v) is 3.60. The highest BCUT2D eigenvalue weighted by atomic mass is 79.9. The molecule has 0 N–H and O–H groups in total. The van der Waals surface area contributed by atoms with Crippen molar-refractivity contribution >= 4 is 28.1 Å². The smallest absolute Gasteiger partial charge is 0.428 e. The van der Waals surface area contributed by atoms with E-state index in [0.29, 0.717) is 16.6 Å². The summed E-state index contributed by atoms with van der Waals surface area (Å²) in [6.45, 7) is 5.19. The monoisotopic (exact) mass is 406 g/mol. The fraction of sp³-hybridized carbons (Fsp3) is 0.263. The maximum atomic E-state index is 12.6. The van der Waals surface area contributed by atoms with Crippen molar-refractivity contribution in [3.63, 3.8) is 0 Å². The predicted molar refractivity (Wildman–Crippen MR) is 97.3 cm³/mol. The molecular formula is C19H19BrO5. The summed E-state index contributed by atoms with van der Waals surface area (Å²) < 4.78 is 15.8. The number of benzene rings is 2. The van der Waals surface area contributed by atoms with Crippen molar-refractivity contribution in [3.05, 3.63) is 59.7 Å². The van der Waals surface area contributed by atoms with Gasteiger partial charge in [0.15, 0.2) is 0 Å². The molecule has 0 aliphatic rings. The molecule has 0 spiro atoms. The number of hydrogen-bond acceptors (Lipinski definition) is 5. The van der Waals surface area contributed by atoms with Crippen LogP contribution in [0.15, 0.2) is 48.5 Å². The Morgan fingerprint density at radius 1 is 0.960 bits per heavy atom. The number of alkyl halides is 1. The van der Waals surface area contributed by atoms with Gasteiger partial charge in [0.25, 0.3) is 0 Å². The molecule has 132 valence electrons. The van der Waals surface area contributed by atoms with Gasteiger partial charge < -0.3 is 14.2 Å². The molecule has 2 rings (SSSR count). The van der Waals surface area contributed by atoms with Crippen molar-refractivity contribution in [1.29, 1.82) is 0 Å². The number of carbonyl (C=O) groups is 2. The number of rotatable bonds is 4. The minimum Gasteiger partial charge on any atom is -0.428 e. The Kier molecular flexibility index (Phi) is 6.20. The molecule has 0 unspecified atom stereocenters. The average molecular weight is 407 g/mol. The molecule has 0 aromatic heterocycles. The minimum absolute atomic E-state index is 0.0899. The van der Waals surface area contributed by atoms with Gasteiger partial charge in [-0.25, -0.2) is 9.59 Å². The Balaban J connectivity index is 2.29. The van der Waals surface area contributed by atoms with E-state index in [2.05, 4.69) is 15.9 Å². The second kappa shape index (κ2) is 8.16. The van der Waals surface area contributed by atoms with Crippen LogP contribution in [-0.2, 0) is 10.1 Å². The highest BCUT2D eigenvalue weighted by Crippen LogP contribution is 2.27. The van der Waals surface area contributed by atoms with Crippen LogP contribution >= 0.6 is 15.9 Å². The Hall–Kier alpha value is -2.34. The zero-order chi connectivity index (χ0) is 18.4. The standard InChI is InChI=1S/C19H19BrO5/c1-19(2,3)25-18(22)24-15-11-7-8-13(12-20)16(15)17(21)23-14-9-5-4-6-10-14/h4-11H,12H2,1-3H3. The van der Waals surface area contributed by atoms with Crippen LogP contribution in [0.1, 0.15) is 36.7 Å². The van der Waals surface area contributed by atoms with E-state index in [9.17, 15) is 9.59 Å². The van der Waals surface area contributed by atoms with E-state index >= 15 is 0 Å². The summed E-state index contributed by atoms with van der Waals surface area (Å²) in [5.41, 5.74) is 0.116. The lowest BCUT2D eigenvalue weighted by Crippen LogP contribution is -2.26. The highest BCUT2D eigenvalue weighted by Gasteiger charge is 2.24. The predicted octanol–water partition coefficient (Wildman–Crippen LogP) is 5.11. The lowest BCUT2D eigenvalue weighted by atomic mass is 10.1. The van der Waals surface area contributed by atoms with Crippen LogP contribution in [0.25, 0.3) is 0 Å². The van der Waals surface area contributed by atoms with Crippen LogP contribution in [0.3, 0.4) is 0 Å². The molecule has 0 aliphatic heterocycles. The summed E-state index contributed by atoms with van der Waals surface area (Å²) in [4.78, 5) is 24.6. The number of hydrogen-bond donors (Lipinski definition) is 0. The van der Waals surface area contributed by atoms with E-state index in [-0.39, 0.29) is 11.3 Å². The van der Waals surface area contributed by atoms with Crippen LogP contribution < -0.4 is 9.47 Å². The van der Waals surface area contributed by atoms with Crippen LogP contribution in [0.4, 0.5) is 4.79 Å². The molecule has 0 amide bonds. The molecule has 0 aliphatic carbocycles. The normalized spacial score (nSPS) is 10.9. The van der Waals surface area contributed by atoms with Gasteiger partial charge >= 0.3 is 12.1 Å². The Labute approximate surface area is 155 Å². The second-order valence-corrected chi connectivity index (χ2v) is 6.75. The first-order valence-electron chi connectivity index (χ1n) is 7.66. The summed E-state index contributed by atoms with van der Waals surface area (Å²) in [5, 5.41) is 0.401. The van der Waals surface area contributed by atoms with Gasteiger partial charge in [0, 0.05) is 5.33 Å². The zero-order valence-corrected chi connectivity index (χ0v) is 15.8. The van der Waals surface area contributed by atoms with E-state index in [1.807, 2.05) is 6.07 Å². The first kappa shape index (κ1) is 19.0. The van der Waals surface area contributed by atoms with Gasteiger partial charge in [-0.2, -0.15) is 0 Å². The van der Waals surface area contributed by atoms with Crippen molar-refractivity contribution in [3.8, 4) is 11.5 Å². The second-order valence-electron chi connectivity index (χ2n) is 6.19. The van der Waals surface area contributed by atoms with Gasteiger partial charge in [-0.1, -0.05) is 46.3 Å². The molecule has 5 nitrogen and oxygen atoms in total. The fourth-order valence-corrected chi connectivity index (χ4v) is 2.48.